The van der Waals surface area contributed by atoms with Crippen molar-refractivity contribution in [3.63, 3.8) is 0 Å². The van der Waals surface area contributed by atoms with E-state index in [1.165, 1.54) is 0 Å². The molecule has 2 bridgehead atoms. The lowest BCUT2D eigenvalue weighted by Crippen LogP contribution is -2.48. The minimum atomic E-state index is -0.623. The molecular formula is C29H32N6O5. The fraction of sp³-hybridized carbons (Fsp3) is 0.379. The zero-order valence-electron chi connectivity index (χ0n) is 22.5. The molecule has 2 fully saturated rings. The van der Waals surface area contributed by atoms with Gasteiger partial charge in [0.1, 0.15) is 30.0 Å². The standard InChI is InChI=1S/C29H32N6O5/c1-29(2)39-18-22(40-29)17-38-21-10-12-30-25(14-21)33-28(37)35-20-11-13-34(16-20)24-9-8-23(32-26(24)35)27(36)31-15-19-6-4-3-5-7-19/h3-10,12,14,20,22H,11,13,15-18H2,1-2H3,(H,31,36)(H,30,33,37)/t20?,22-/m0/s1. The van der Waals surface area contributed by atoms with Crippen molar-refractivity contribution in [3.8, 4) is 5.75 Å². The summed E-state index contributed by atoms with van der Waals surface area (Å²) in [5, 5.41) is 5.81. The van der Waals surface area contributed by atoms with Crippen LogP contribution in [-0.2, 0) is 16.0 Å². The first-order valence-electron chi connectivity index (χ1n) is 13.4. The maximum absolute atomic E-state index is 13.6. The summed E-state index contributed by atoms with van der Waals surface area (Å²) in [6.07, 6.45) is 2.20. The number of nitrogens with one attached hydrogen (secondary N) is 2. The summed E-state index contributed by atoms with van der Waals surface area (Å²) in [6, 6.07) is 16.2. The van der Waals surface area contributed by atoms with Crippen LogP contribution in [-0.4, -0.2) is 66.1 Å². The van der Waals surface area contributed by atoms with Gasteiger partial charge in [-0.2, -0.15) is 0 Å². The maximum atomic E-state index is 13.6. The first-order valence-corrected chi connectivity index (χ1v) is 13.4. The number of aromatic nitrogens is 2. The Morgan fingerprint density at radius 2 is 2.00 bits per heavy atom. The van der Waals surface area contributed by atoms with Crippen molar-refractivity contribution in [1.29, 1.82) is 0 Å². The molecule has 6 rings (SSSR count). The van der Waals surface area contributed by atoms with Crippen molar-refractivity contribution in [2.24, 2.45) is 0 Å². The number of hydrogen-bond acceptors (Lipinski definition) is 8. The third-order valence-corrected chi connectivity index (χ3v) is 7.17. The van der Waals surface area contributed by atoms with Gasteiger partial charge in [0.2, 0.25) is 0 Å². The number of ether oxygens (including phenoxy) is 3. The van der Waals surface area contributed by atoms with E-state index in [0.717, 1.165) is 24.2 Å². The number of carbonyl (C=O) groups is 2. The number of rotatable bonds is 7. The van der Waals surface area contributed by atoms with Crippen molar-refractivity contribution in [3.05, 3.63) is 72.1 Å². The number of pyridine rings is 2. The molecule has 1 aromatic carbocycles. The molecule has 0 spiro atoms. The SMILES string of the molecule is CC1(C)OC[C@H](COc2ccnc(NC(=O)N3c4nc(C(=O)NCc5ccccc5)ccc4N4CCC3C4)c2)O1. The van der Waals surface area contributed by atoms with Crippen LogP contribution in [0.5, 0.6) is 5.75 Å². The molecule has 2 N–H and O–H groups in total. The summed E-state index contributed by atoms with van der Waals surface area (Å²) in [5.74, 6) is 0.450. The Labute approximate surface area is 232 Å². The van der Waals surface area contributed by atoms with Crippen LogP contribution in [0.3, 0.4) is 0 Å². The lowest BCUT2D eigenvalue weighted by Gasteiger charge is -2.35. The first-order chi connectivity index (χ1) is 19.3. The lowest BCUT2D eigenvalue weighted by atomic mass is 10.1. The van der Waals surface area contributed by atoms with Crippen LogP contribution >= 0.6 is 0 Å². The molecule has 40 heavy (non-hydrogen) atoms. The van der Waals surface area contributed by atoms with Crippen molar-refractivity contribution < 1.29 is 23.8 Å². The maximum Gasteiger partial charge on any atom is 0.329 e. The van der Waals surface area contributed by atoms with Crippen LogP contribution in [0.1, 0.15) is 36.3 Å². The molecule has 3 aliphatic heterocycles. The second-order valence-corrected chi connectivity index (χ2v) is 10.5. The second kappa shape index (κ2) is 10.7. The molecule has 11 nitrogen and oxygen atoms in total. The van der Waals surface area contributed by atoms with E-state index in [1.54, 1.807) is 29.3 Å². The number of fused-ring (bicyclic) bond motifs is 4. The zero-order valence-corrected chi connectivity index (χ0v) is 22.5. The molecule has 2 saturated heterocycles. The smallest absolute Gasteiger partial charge is 0.329 e. The van der Waals surface area contributed by atoms with Crippen molar-refractivity contribution in [2.45, 2.75) is 44.7 Å². The highest BCUT2D eigenvalue weighted by Crippen LogP contribution is 2.39. The largest absolute Gasteiger partial charge is 0.491 e. The Balaban J connectivity index is 1.15. The molecular weight excluding hydrogens is 512 g/mol. The molecule has 3 aromatic rings. The predicted octanol–water partition coefficient (Wildman–Crippen LogP) is 3.57. The quantitative estimate of drug-likeness (QED) is 0.464. The van der Waals surface area contributed by atoms with Crippen LogP contribution in [0.25, 0.3) is 0 Å². The van der Waals surface area contributed by atoms with Crippen molar-refractivity contribution in [1.82, 2.24) is 15.3 Å². The Kier molecular flexibility index (Phi) is 6.99. The van der Waals surface area contributed by atoms with E-state index in [4.69, 9.17) is 14.2 Å². The van der Waals surface area contributed by atoms with Crippen LogP contribution in [0, 0.1) is 0 Å². The molecule has 208 valence electrons. The fourth-order valence-electron chi connectivity index (χ4n) is 5.24. The van der Waals surface area contributed by atoms with Gasteiger partial charge < -0.3 is 24.4 Å². The van der Waals surface area contributed by atoms with E-state index in [0.29, 0.717) is 43.7 Å². The Hall–Kier alpha value is -4.22. The number of urea groups is 1. The van der Waals surface area contributed by atoms with Gasteiger partial charge in [0.15, 0.2) is 11.6 Å². The van der Waals surface area contributed by atoms with Gasteiger partial charge in [0.05, 0.1) is 18.3 Å². The molecule has 11 heteroatoms. The van der Waals surface area contributed by atoms with E-state index in [-0.39, 0.29) is 29.8 Å². The van der Waals surface area contributed by atoms with Crippen molar-refractivity contribution >= 4 is 29.3 Å². The van der Waals surface area contributed by atoms with E-state index in [2.05, 4.69) is 25.5 Å². The summed E-state index contributed by atoms with van der Waals surface area (Å²) in [7, 11) is 0. The van der Waals surface area contributed by atoms with Crippen LogP contribution < -0.4 is 25.2 Å². The first kappa shape index (κ1) is 26.0. The lowest BCUT2D eigenvalue weighted by molar-refractivity contribution is -0.141. The second-order valence-electron chi connectivity index (χ2n) is 10.5. The topological polar surface area (TPSA) is 118 Å². The third kappa shape index (κ3) is 5.56. The highest BCUT2D eigenvalue weighted by molar-refractivity contribution is 6.05. The summed E-state index contributed by atoms with van der Waals surface area (Å²) < 4.78 is 17.3. The molecule has 0 aliphatic carbocycles. The number of amides is 3. The fourth-order valence-corrected chi connectivity index (χ4v) is 5.24. The van der Waals surface area contributed by atoms with Gasteiger partial charge in [-0.05, 0) is 44.0 Å². The summed E-state index contributed by atoms with van der Waals surface area (Å²) in [4.78, 5) is 39.3. The minimum Gasteiger partial charge on any atom is -0.491 e. The number of nitrogens with zero attached hydrogens (tertiary/aromatic N) is 4. The van der Waals surface area contributed by atoms with Gasteiger partial charge in [-0.3, -0.25) is 15.0 Å². The van der Waals surface area contributed by atoms with Gasteiger partial charge in [-0.25, -0.2) is 14.8 Å². The molecule has 2 atom stereocenters. The van der Waals surface area contributed by atoms with Crippen LogP contribution in [0.4, 0.5) is 22.1 Å². The number of benzene rings is 1. The minimum absolute atomic E-state index is 0.0649. The summed E-state index contributed by atoms with van der Waals surface area (Å²) in [5.41, 5.74) is 2.07. The van der Waals surface area contributed by atoms with Gasteiger partial charge in [0, 0.05) is 31.9 Å². The van der Waals surface area contributed by atoms with Gasteiger partial charge in [-0.15, -0.1) is 0 Å². The van der Waals surface area contributed by atoms with E-state index >= 15 is 0 Å². The molecule has 0 saturated carbocycles. The summed E-state index contributed by atoms with van der Waals surface area (Å²) in [6.45, 7) is 6.41. The number of carbonyl (C=O) groups excluding carboxylic acids is 2. The van der Waals surface area contributed by atoms with Crippen LogP contribution in [0.2, 0.25) is 0 Å². The van der Waals surface area contributed by atoms with Gasteiger partial charge in [0.25, 0.3) is 5.91 Å². The Morgan fingerprint density at radius 3 is 2.80 bits per heavy atom. The van der Waals surface area contributed by atoms with Gasteiger partial charge in [-0.1, -0.05) is 30.3 Å². The van der Waals surface area contributed by atoms with E-state index < -0.39 is 5.79 Å². The van der Waals surface area contributed by atoms with Crippen molar-refractivity contribution in [2.75, 3.05) is 41.4 Å². The molecule has 3 amide bonds. The normalized spacial score (nSPS) is 20.6. The summed E-state index contributed by atoms with van der Waals surface area (Å²) >= 11 is 0. The van der Waals surface area contributed by atoms with E-state index in [1.807, 2.05) is 50.2 Å². The Morgan fingerprint density at radius 1 is 1.15 bits per heavy atom. The molecule has 0 radical (unpaired) electrons. The predicted molar refractivity (Wildman–Crippen MR) is 149 cm³/mol. The molecule has 2 aromatic heterocycles. The molecule has 1 unspecified atom stereocenters. The number of anilines is 3. The monoisotopic (exact) mass is 544 g/mol. The highest BCUT2D eigenvalue weighted by Gasteiger charge is 2.40. The van der Waals surface area contributed by atoms with E-state index in [9.17, 15) is 9.59 Å². The highest BCUT2D eigenvalue weighted by atomic mass is 16.7. The average molecular weight is 545 g/mol. The average Bonchev–Trinajstić information content (AvgIpc) is 3.54. The zero-order chi connectivity index (χ0) is 27.7. The number of hydrogen-bond donors (Lipinski definition) is 2. The molecule has 3 aliphatic rings. The third-order valence-electron chi connectivity index (χ3n) is 7.17. The molecule has 5 heterocycles. The Bertz CT molecular complexity index is 1400. The van der Waals surface area contributed by atoms with Crippen LogP contribution in [0.15, 0.2) is 60.8 Å². The van der Waals surface area contributed by atoms with Gasteiger partial charge >= 0.3 is 6.03 Å².